The Morgan fingerprint density at radius 2 is 1.97 bits per heavy atom. The second-order valence-corrected chi connectivity index (χ2v) is 9.03. The lowest BCUT2D eigenvalue weighted by atomic mass is 9.87. The van der Waals surface area contributed by atoms with Gasteiger partial charge in [0.2, 0.25) is 11.9 Å². The van der Waals surface area contributed by atoms with Crippen molar-refractivity contribution in [2.24, 2.45) is 5.92 Å². The fraction of sp³-hybridized carbons (Fsp3) is 0.478. The van der Waals surface area contributed by atoms with Crippen molar-refractivity contribution < 1.29 is 8.78 Å². The van der Waals surface area contributed by atoms with Gasteiger partial charge in [0.1, 0.15) is 11.5 Å². The number of rotatable bonds is 5. The molecule has 5 rings (SSSR count). The van der Waals surface area contributed by atoms with E-state index in [1.807, 2.05) is 19.3 Å². The van der Waals surface area contributed by atoms with Crippen LogP contribution in [0.2, 0.25) is 0 Å². The maximum Gasteiger partial charge on any atom is 0.248 e. The zero-order valence-electron chi connectivity index (χ0n) is 18.5. The molecule has 1 aliphatic rings. The van der Waals surface area contributed by atoms with Crippen molar-refractivity contribution in [2.45, 2.75) is 58.4 Å². The Kier molecular flexibility index (Phi) is 5.06. The molecule has 0 spiro atoms. The molecule has 168 valence electrons. The maximum atomic E-state index is 13.3. The number of H-pyrrole nitrogens is 1. The molecule has 4 aromatic heterocycles. The molecule has 32 heavy (non-hydrogen) atoms. The SMILES string of the molecule is Cc1nc2ncc(-c3c[nH]c4nc(NCC5CCC(F)(F)CC5)ncc34)cc2n1C(C)C. The number of hydrogen-bond donors (Lipinski definition) is 2. The Labute approximate surface area is 184 Å². The van der Waals surface area contributed by atoms with Crippen molar-refractivity contribution in [1.82, 2.24) is 29.5 Å². The third-order valence-electron chi connectivity index (χ3n) is 6.37. The third-order valence-corrected chi connectivity index (χ3v) is 6.37. The second kappa shape index (κ2) is 7.79. The molecule has 4 heterocycles. The summed E-state index contributed by atoms with van der Waals surface area (Å²) >= 11 is 0. The van der Waals surface area contributed by atoms with E-state index in [1.165, 1.54) is 0 Å². The minimum Gasteiger partial charge on any atom is -0.354 e. The quantitative estimate of drug-likeness (QED) is 0.429. The molecule has 0 radical (unpaired) electrons. The van der Waals surface area contributed by atoms with Gasteiger partial charge in [-0.3, -0.25) is 0 Å². The van der Waals surface area contributed by atoms with Gasteiger partial charge in [0.25, 0.3) is 0 Å². The molecular weight excluding hydrogens is 412 g/mol. The predicted octanol–water partition coefficient (Wildman–Crippen LogP) is 5.50. The number of nitrogens with zero attached hydrogens (tertiary/aromatic N) is 5. The Balaban J connectivity index is 1.38. The summed E-state index contributed by atoms with van der Waals surface area (Å²) < 4.78 is 28.9. The van der Waals surface area contributed by atoms with Crippen LogP contribution in [0.1, 0.15) is 51.4 Å². The lowest BCUT2D eigenvalue weighted by Crippen LogP contribution is -2.28. The minimum absolute atomic E-state index is 0.0349. The highest BCUT2D eigenvalue weighted by Gasteiger charge is 2.34. The molecule has 0 aliphatic heterocycles. The summed E-state index contributed by atoms with van der Waals surface area (Å²) in [4.78, 5) is 21.4. The number of aromatic nitrogens is 6. The Bertz CT molecular complexity index is 1260. The monoisotopic (exact) mass is 439 g/mol. The number of alkyl halides is 2. The summed E-state index contributed by atoms with van der Waals surface area (Å²) in [6, 6.07) is 2.39. The molecular formula is C23H27F2N7. The Morgan fingerprint density at radius 3 is 2.72 bits per heavy atom. The van der Waals surface area contributed by atoms with Gasteiger partial charge in [-0.2, -0.15) is 4.98 Å². The molecule has 1 saturated carbocycles. The van der Waals surface area contributed by atoms with Gasteiger partial charge >= 0.3 is 0 Å². The van der Waals surface area contributed by atoms with E-state index in [2.05, 4.69) is 54.7 Å². The standard InChI is InChI=1S/C23H27F2N7/c1-13(2)32-14(3)30-21-19(32)8-16(10-26-21)17-11-27-20-18(17)12-29-22(31-20)28-9-15-4-6-23(24,25)7-5-15/h8,10-13,15H,4-7,9H2,1-3H3,(H2,27,28,29,31). The van der Waals surface area contributed by atoms with Crippen molar-refractivity contribution in [3.8, 4) is 11.1 Å². The van der Waals surface area contributed by atoms with E-state index in [1.54, 1.807) is 6.20 Å². The first-order chi connectivity index (χ1) is 15.3. The van der Waals surface area contributed by atoms with Crippen LogP contribution in [0.25, 0.3) is 33.3 Å². The van der Waals surface area contributed by atoms with Crippen LogP contribution in [0.5, 0.6) is 0 Å². The lowest BCUT2D eigenvalue weighted by molar-refractivity contribution is -0.0443. The van der Waals surface area contributed by atoms with E-state index in [9.17, 15) is 8.78 Å². The number of imidazole rings is 1. The van der Waals surface area contributed by atoms with Gasteiger partial charge in [-0.1, -0.05) is 0 Å². The van der Waals surface area contributed by atoms with Gasteiger partial charge in [0.05, 0.1) is 5.52 Å². The normalized spacial score (nSPS) is 16.9. The molecule has 0 atom stereocenters. The highest BCUT2D eigenvalue weighted by molar-refractivity contribution is 5.95. The minimum atomic E-state index is -2.50. The Morgan fingerprint density at radius 1 is 1.19 bits per heavy atom. The van der Waals surface area contributed by atoms with E-state index >= 15 is 0 Å². The molecule has 2 N–H and O–H groups in total. The van der Waals surface area contributed by atoms with Crippen molar-refractivity contribution in [1.29, 1.82) is 0 Å². The molecule has 0 amide bonds. The first kappa shape index (κ1) is 20.8. The Hall–Kier alpha value is -3.10. The van der Waals surface area contributed by atoms with Crippen LogP contribution < -0.4 is 5.32 Å². The van der Waals surface area contributed by atoms with Crippen molar-refractivity contribution in [3.05, 3.63) is 30.5 Å². The van der Waals surface area contributed by atoms with Gasteiger partial charge in [-0.15, -0.1) is 0 Å². The van der Waals surface area contributed by atoms with Gasteiger partial charge in [0, 0.05) is 60.5 Å². The largest absolute Gasteiger partial charge is 0.354 e. The third kappa shape index (κ3) is 3.80. The zero-order chi connectivity index (χ0) is 22.5. The number of aromatic amines is 1. The van der Waals surface area contributed by atoms with E-state index in [-0.39, 0.29) is 24.8 Å². The summed E-state index contributed by atoms with van der Waals surface area (Å²) in [7, 11) is 0. The molecule has 0 aromatic carbocycles. The molecule has 7 nitrogen and oxygen atoms in total. The van der Waals surface area contributed by atoms with Gasteiger partial charge < -0.3 is 14.9 Å². The fourth-order valence-electron chi connectivity index (χ4n) is 4.66. The summed E-state index contributed by atoms with van der Waals surface area (Å²) in [6.07, 6.45) is 6.51. The van der Waals surface area contributed by atoms with Crippen LogP contribution in [0, 0.1) is 12.8 Å². The van der Waals surface area contributed by atoms with Crippen molar-refractivity contribution in [3.63, 3.8) is 0 Å². The van der Waals surface area contributed by atoms with Gasteiger partial charge in [-0.25, -0.2) is 23.7 Å². The molecule has 1 aliphatic carbocycles. The van der Waals surface area contributed by atoms with Gasteiger partial charge in [-0.05, 0) is 45.6 Å². The molecule has 4 aromatic rings. The van der Waals surface area contributed by atoms with Crippen LogP contribution in [0.4, 0.5) is 14.7 Å². The number of nitrogens with one attached hydrogen (secondary N) is 2. The summed E-state index contributed by atoms with van der Waals surface area (Å²) in [5, 5.41) is 4.12. The predicted molar refractivity (Wildman–Crippen MR) is 121 cm³/mol. The van der Waals surface area contributed by atoms with E-state index < -0.39 is 5.92 Å². The smallest absolute Gasteiger partial charge is 0.248 e. The first-order valence-corrected chi connectivity index (χ1v) is 11.1. The molecule has 9 heteroatoms. The van der Waals surface area contributed by atoms with Crippen LogP contribution in [-0.2, 0) is 0 Å². The molecule has 0 unspecified atom stereocenters. The number of aryl methyl sites for hydroxylation is 1. The van der Waals surface area contributed by atoms with E-state index in [0.717, 1.165) is 39.1 Å². The number of anilines is 1. The fourth-order valence-corrected chi connectivity index (χ4v) is 4.66. The average molecular weight is 440 g/mol. The molecule has 0 bridgehead atoms. The average Bonchev–Trinajstić information content (AvgIpc) is 3.32. The topological polar surface area (TPSA) is 84.3 Å². The highest BCUT2D eigenvalue weighted by Crippen LogP contribution is 2.36. The molecule has 1 fully saturated rings. The number of pyridine rings is 1. The van der Waals surface area contributed by atoms with E-state index in [4.69, 9.17) is 0 Å². The van der Waals surface area contributed by atoms with Crippen LogP contribution in [-0.4, -0.2) is 42.0 Å². The van der Waals surface area contributed by atoms with Crippen molar-refractivity contribution >= 4 is 28.1 Å². The maximum absolute atomic E-state index is 13.3. The first-order valence-electron chi connectivity index (χ1n) is 11.1. The summed E-state index contributed by atoms with van der Waals surface area (Å²) in [5.41, 5.74) is 4.41. The van der Waals surface area contributed by atoms with Crippen LogP contribution >= 0.6 is 0 Å². The van der Waals surface area contributed by atoms with Crippen molar-refractivity contribution in [2.75, 3.05) is 11.9 Å². The summed E-state index contributed by atoms with van der Waals surface area (Å²) in [6.45, 7) is 6.87. The van der Waals surface area contributed by atoms with Crippen LogP contribution in [0.3, 0.4) is 0 Å². The van der Waals surface area contributed by atoms with Gasteiger partial charge in [0.15, 0.2) is 5.65 Å². The summed E-state index contributed by atoms with van der Waals surface area (Å²) in [5.74, 6) is -0.833. The number of halogens is 2. The van der Waals surface area contributed by atoms with Crippen LogP contribution in [0.15, 0.2) is 24.7 Å². The number of hydrogen-bond acceptors (Lipinski definition) is 5. The number of fused-ring (bicyclic) bond motifs is 2. The molecule has 0 saturated heterocycles. The zero-order valence-corrected chi connectivity index (χ0v) is 18.5. The highest BCUT2D eigenvalue weighted by atomic mass is 19.3. The lowest BCUT2D eigenvalue weighted by Gasteiger charge is -2.28. The second-order valence-electron chi connectivity index (χ2n) is 9.03. The van der Waals surface area contributed by atoms with E-state index in [0.29, 0.717) is 25.3 Å².